The zero-order chi connectivity index (χ0) is 8.43. The second-order valence-corrected chi connectivity index (χ2v) is 2.29. The lowest BCUT2D eigenvalue weighted by molar-refractivity contribution is 0.408. The predicted octanol–water partition coefficient (Wildman–Crippen LogP) is 0.221. The van der Waals surface area contributed by atoms with Gasteiger partial charge < -0.3 is 9.84 Å². The second kappa shape index (κ2) is 2.66. The fourth-order valence-corrected chi connectivity index (χ4v) is 0.844. The molecule has 0 amide bonds. The summed E-state index contributed by atoms with van der Waals surface area (Å²) in [5.41, 5.74) is 0. The van der Waals surface area contributed by atoms with Crippen LogP contribution < -0.4 is 15.2 Å². The molecule has 0 bridgehead atoms. The van der Waals surface area contributed by atoms with Crippen molar-refractivity contribution in [2.45, 2.75) is 0 Å². The molecular weight excluding hydrogens is 140 g/mol. The van der Waals surface area contributed by atoms with Crippen LogP contribution in [0.1, 0.15) is 0 Å². The standard InChI is InChI=1S/C9H10O2/c1-6-5-9(11-3)7(2)4-8(6)10/h4-5,10H,1-2H2,3H3. The van der Waals surface area contributed by atoms with Crippen molar-refractivity contribution in [3.8, 4) is 11.5 Å². The van der Waals surface area contributed by atoms with E-state index in [0.717, 1.165) is 0 Å². The van der Waals surface area contributed by atoms with Crippen molar-refractivity contribution in [1.29, 1.82) is 0 Å². The molecule has 0 saturated heterocycles. The maximum absolute atomic E-state index is 9.16. The van der Waals surface area contributed by atoms with Gasteiger partial charge in [-0.05, 0) is 12.1 Å². The zero-order valence-electron chi connectivity index (χ0n) is 6.42. The molecule has 0 heterocycles. The van der Waals surface area contributed by atoms with Crippen LogP contribution in [0.2, 0.25) is 0 Å². The first kappa shape index (κ1) is 7.66. The third kappa shape index (κ3) is 1.34. The molecule has 0 aliphatic carbocycles. The summed E-state index contributed by atoms with van der Waals surface area (Å²) in [6, 6.07) is 3.18. The summed E-state index contributed by atoms with van der Waals surface area (Å²) in [7, 11) is 1.56. The molecule has 0 aromatic heterocycles. The highest BCUT2D eigenvalue weighted by molar-refractivity contribution is 5.36. The SMILES string of the molecule is C=c1cc(OC)c(=C)cc1O. The van der Waals surface area contributed by atoms with Gasteiger partial charge in [-0.15, -0.1) is 0 Å². The lowest BCUT2D eigenvalue weighted by Crippen LogP contribution is -2.09. The van der Waals surface area contributed by atoms with E-state index in [4.69, 9.17) is 9.84 Å². The first-order valence-corrected chi connectivity index (χ1v) is 3.20. The van der Waals surface area contributed by atoms with Crippen molar-refractivity contribution in [3.05, 3.63) is 22.6 Å². The van der Waals surface area contributed by atoms with E-state index in [2.05, 4.69) is 13.2 Å². The minimum atomic E-state index is 0.149. The number of rotatable bonds is 1. The van der Waals surface area contributed by atoms with E-state index in [1.54, 1.807) is 13.2 Å². The highest BCUT2D eigenvalue weighted by Gasteiger charge is 1.95. The topological polar surface area (TPSA) is 29.5 Å². The van der Waals surface area contributed by atoms with Crippen molar-refractivity contribution in [2.75, 3.05) is 7.11 Å². The Balaban J connectivity index is 3.45. The molecular formula is C9H10O2. The molecule has 1 aromatic carbocycles. The number of aromatic hydroxyl groups is 1. The summed E-state index contributed by atoms with van der Waals surface area (Å²) in [4.78, 5) is 0. The maximum atomic E-state index is 9.16. The number of phenols is 1. The average Bonchev–Trinajstić information content (AvgIpc) is 1.97. The first-order chi connectivity index (χ1) is 5.15. The Morgan fingerprint density at radius 1 is 1.27 bits per heavy atom. The molecule has 1 aromatic rings. The van der Waals surface area contributed by atoms with E-state index in [1.165, 1.54) is 6.07 Å². The van der Waals surface area contributed by atoms with Crippen LogP contribution in [-0.4, -0.2) is 12.2 Å². The predicted molar refractivity (Wildman–Crippen MR) is 45.0 cm³/mol. The third-order valence-electron chi connectivity index (χ3n) is 1.48. The lowest BCUT2D eigenvalue weighted by atomic mass is 10.2. The van der Waals surface area contributed by atoms with Crippen LogP contribution in [0.4, 0.5) is 0 Å². The van der Waals surface area contributed by atoms with Crippen LogP contribution in [0.5, 0.6) is 11.5 Å². The Kier molecular flexibility index (Phi) is 1.85. The summed E-state index contributed by atoms with van der Waals surface area (Å²) in [6.45, 7) is 7.29. The van der Waals surface area contributed by atoms with Crippen molar-refractivity contribution in [3.63, 3.8) is 0 Å². The van der Waals surface area contributed by atoms with Crippen molar-refractivity contribution in [2.24, 2.45) is 0 Å². The molecule has 58 valence electrons. The normalized spacial score (nSPS) is 9.55. The molecule has 0 saturated carbocycles. The number of hydrogen-bond acceptors (Lipinski definition) is 2. The van der Waals surface area contributed by atoms with Gasteiger partial charge in [-0.25, -0.2) is 0 Å². The Morgan fingerprint density at radius 3 is 2.45 bits per heavy atom. The van der Waals surface area contributed by atoms with Gasteiger partial charge in [0.2, 0.25) is 0 Å². The molecule has 0 aliphatic heterocycles. The van der Waals surface area contributed by atoms with E-state index >= 15 is 0 Å². The van der Waals surface area contributed by atoms with Gasteiger partial charge in [0.1, 0.15) is 11.5 Å². The molecule has 0 aliphatic rings. The van der Waals surface area contributed by atoms with Gasteiger partial charge in [0.15, 0.2) is 0 Å². The van der Waals surface area contributed by atoms with Gasteiger partial charge in [-0.1, -0.05) is 13.2 Å². The molecule has 0 fully saturated rings. The number of benzene rings is 1. The highest BCUT2D eigenvalue weighted by Crippen LogP contribution is 2.02. The van der Waals surface area contributed by atoms with Crippen molar-refractivity contribution in [1.82, 2.24) is 0 Å². The zero-order valence-corrected chi connectivity index (χ0v) is 6.42. The number of phenolic OH excluding ortho intramolecular Hbond substituents is 1. The minimum Gasteiger partial charge on any atom is -0.507 e. The van der Waals surface area contributed by atoms with Gasteiger partial charge in [0.25, 0.3) is 0 Å². The molecule has 1 rings (SSSR count). The van der Waals surface area contributed by atoms with Gasteiger partial charge in [-0.3, -0.25) is 0 Å². The maximum Gasteiger partial charge on any atom is 0.126 e. The molecule has 1 N–H and O–H groups in total. The average molecular weight is 150 g/mol. The van der Waals surface area contributed by atoms with Crippen LogP contribution in [0, 0.1) is 0 Å². The Morgan fingerprint density at radius 2 is 1.91 bits per heavy atom. The van der Waals surface area contributed by atoms with E-state index < -0.39 is 0 Å². The Bertz CT molecular complexity index is 355. The minimum absolute atomic E-state index is 0.149. The Labute approximate surface area is 65.1 Å². The van der Waals surface area contributed by atoms with Gasteiger partial charge in [-0.2, -0.15) is 0 Å². The van der Waals surface area contributed by atoms with E-state index in [0.29, 0.717) is 16.2 Å². The van der Waals surface area contributed by atoms with Gasteiger partial charge in [0.05, 0.1) is 7.11 Å². The largest absolute Gasteiger partial charge is 0.507 e. The highest BCUT2D eigenvalue weighted by atomic mass is 16.5. The number of ether oxygens (including phenoxy) is 1. The quantitative estimate of drug-likeness (QED) is 0.620. The second-order valence-electron chi connectivity index (χ2n) is 2.29. The van der Waals surface area contributed by atoms with E-state index in [1.807, 2.05) is 0 Å². The Hall–Kier alpha value is -1.44. The number of hydrogen-bond donors (Lipinski definition) is 1. The fraction of sp³-hybridized carbons (Fsp3) is 0.111. The summed E-state index contributed by atoms with van der Waals surface area (Å²) in [6.07, 6.45) is 0. The van der Waals surface area contributed by atoms with Crippen LogP contribution in [-0.2, 0) is 0 Å². The molecule has 0 radical (unpaired) electrons. The van der Waals surface area contributed by atoms with Gasteiger partial charge >= 0.3 is 0 Å². The van der Waals surface area contributed by atoms with Crippen LogP contribution >= 0.6 is 0 Å². The lowest BCUT2D eigenvalue weighted by Gasteiger charge is -2.00. The molecule has 2 nitrogen and oxygen atoms in total. The van der Waals surface area contributed by atoms with Crippen LogP contribution in [0.25, 0.3) is 13.2 Å². The molecule has 0 unspecified atom stereocenters. The van der Waals surface area contributed by atoms with Gasteiger partial charge in [0, 0.05) is 10.4 Å². The summed E-state index contributed by atoms with van der Waals surface area (Å²) < 4.78 is 4.97. The summed E-state index contributed by atoms with van der Waals surface area (Å²) in [5.74, 6) is 0.795. The molecule has 2 heteroatoms. The molecule has 11 heavy (non-hydrogen) atoms. The molecule has 0 atom stereocenters. The van der Waals surface area contributed by atoms with E-state index in [9.17, 15) is 0 Å². The summed E-state index contributed by atoms with van der Waals surface area (Å²) in [5, 5.41) is 10.4. The van der Waals surface area contributed by atoms with Crippen LogP contribution in [0.15, 0.2) is 12.1 Å². The van der Waals surface area contributed by atoms with E-state index in [-0.39, 0.29) is 5.75 Å². The smallest absolute Gasteiger partial charge is 0.126 e. The summed E-state index contributed by atoms with van der Waals surface area (Å²) >= 11 is 0. The monoisotopic (exact) mass is 150 g/mol. The van der Waals surface area contributed by atoms with Crippen LogP contribution in [0.3, 0.4) is 0 Å². The van der Waals surface area contributed by atoms with Crippen molar-refractivity contribution < 1.29 is 9.84 Å². The number of methoxy groups -OCH3 is 1. The van der Waals surface area contributed by atoms with Crippen molar-refractivity contribution >= 4 is 13.2 Å². The first-order valence-electron chi connectivity index (χ1n) is 3.20. The molecule has 0 spiro atoms. The third-order valence-corrected chi connectivity index (χ3v) is 1.48. The fourth-order valence-electron chi connectivity index (χ4n) is 0.844.